The maximum absolute atomic E-state index is 13.8. The molecule has 2 aromatic carbocycles. The summed E-state index contributed by atoms with van der Waals surface area (Å²) in [4.78, 5) is 43.8. The lowest BCUT2D eigenvalue weighted by atomic mass is 10.0. The van der Waals surface area contributed by atoms with Gasteiger partial charge in [0.2, 0.25) is 0 Å². The van der Waals surface area contributed by atoms with Crippen LogP contribution in [0.4, 0.5) is 47.3 Å². The van der Waals surface area contributed by atoms with E-state index in [0.29, 0.717) is 83.6 Å². The second kappa shape index (κ2) is 22.0. The highest BCUT2D eigenvalue weighted by Crippen LogP contribution is 2.36. The van der Waals surface area contributed by atoms with Gasteiger partial charge in [-0.3, -0.25) is 9.69 Å². The Morgan fingerprint density at radius 3 is 1.60 bits per heavy atom. The van der Waals surface area contributed by atoms with E-state index in [9.17, 15) is 40.7 Å². The molecule has 4 heterocycles. The minimum atomic E-state index is -4.52. The number of hydrogen-bond acceptors (Lipinski definition) is 11. The van der Waals surface area contributed by atoms with Crippen molar-refractivity contribution < 1.29 is 59.7 Å². The summed E-state index contributed by atoms with van der Waals surface area (Å²) in [5.74, 6) is 0. The summed E-state index contributed by atoms with van der Waals surface area (Å²) in [5.41, 5.74) is -1.51. The molecule has 13 nitrogen and oxygen atoms in total. The first-order valence-electron chi connectivity index (χ1n) is 21.3. The van der Waals surface area contributed by atoms with E-state index in [1.54, 1.807) is 21.9 Å². The van der Waals surface area contributed by atoms with E-state index in [-0.39, 0.29) is 48.2 Å². The lowest BCUT2D eigenvalue weighted by molar-refractivity contribution is -0.139. The largest absolute Gasteiger partial charge is 0.444 e. The zero-order chi connectivity index (χ0) is 46.8. The van der Waals surface area contributed by atoms with Gasteiger partial charge in [0.15, 0.2) is 6.29 Å². The summed E-state index contributed by atoms with van der Waals surface area (Å²) in [6.07, 6.45) is -9.30. The first-order valence-corrected chi connectivity index (χ1v) is 21.3. The monoisotopic (exact) mass is 902 g/mol. The molecular formula is C44H64F6N6O7. The zero-order valence-corrected chi connectivity index (χ0v) is 37.7. The first-order chi connectivity index (χ1) is 29.4. The number of aldehydes is 1. The Morgan fingerprint density at radius 2 is 1.16 bits per heavy atom. The topological polar surface area (TPSA) is 116 Å². The summed E-state index contributed by atoms with van der Waals surface area (Å²) in [6.45, 7) is 23.3. The number of carbonyl (C=O) groups is 3. The van der Waals surface area contributed by atoms with Crippen LogP contribution in [0.25, 0.3) is 0 Å². The quantitative estimate of drug-likeness (QED) is 0.237. The van der Waals surface area contributed by atoms with Crippen molar-refractivity contribution in [3.63, 3.8) is 0 Å². The predicted molar refractivity (Wildman–Crippen MR) is 227 cm³/mol. The highest BCUT2D eigenvalue weighted by molar-refractivity contribution is 5.79. The maximum Gasteiger partial charge on any atom is 0.417 e. The summed E-state index contributed by atoms with van der Waals surface area (Å²) >= 11 is 0. The van der Waals surface area contributed by atoms with Gasteiger partial charge in [0.25, 0.3) is 0 Å². The molecule has 0 saturated carbocycles. The summed E-state index contributed by atoms with van der Waals surface area (Å²) in [6, 6.07) is 8.43. The van der Waals surface area contributed by atoms with E-state index in [1.165, 1.54) is 18.2 Å². The van der Waals surface area contributed by atoms with Gasteiger partial charge in [0.1, 0.15) is 11.2 Å². The van der Waals surface area contributed by atoms with Crippen LogP contribution < -0.4 is 15.1 Å². The van der Waals surface area contributed by atoms with E-state index < -0.39 is 34.7 Å². The summed E-state index contributed by atoms with van der Waals surface area (Å²) in [7, 11) is 0. The Labute approximate surface area is 366 Å². The molecule has 1 N–H and O–H groups in total. The van der Waals surface area contributed by atoms with Gasteiger partial charge in [0, 0.05) is 101 Å². The minimum Gasteiger partial charge on any atom is -0.444 e. The van der Waals surface area contributed by atoms with Crippen molar-refractivity contribution >= 4 is 29.8 Å². The van der Waals surface area contributed by atoms with E-state index in [0.717, 1.165) is 25.7 Å². The van der Waals surface area contributed by atoms with Crippen LogP contribution in [0.1, 0.15) is 82.4 Å². The standard InChI is InChI=1S/C22H32F3N3O3.C12H12F3NO2.C10H20N2O2/c1-16-14-26(7-8-28(16)20(29)31-21(2,3)4)15-17-5-6-18(13-19(17)22(23,24)25)27-9-11-30-12-10-27;13-12(14,15)11-7-10(2-1-9(11)8-17)16-3-5-18-6-4-16;1-8-7-11-5-6-12(8)9(13)14-10(2,3)4/h5-6,13,16H,7-12,14-15H2,1-4H3;1-2,7-8H,3-6H2;8,11H,5-7H2,1-4H3/t16-;;8-/m1.1/s1. The Kier molecular flexibility index (Phi) is 17.9. The predicted octanol–water partition coefficient (Wildman–Crippen LogP) is 7.55. The minimum absolute atomic E-state index is 0.148. The number of rotatable bonds is 5. The number of hydrogen-bond donors (Lipinski definition) is 1. The van der Waals surface area contributed by atoms with Crippen LogP contribution in [0, 0.1) is 0 Å². The highest BCUT2D eigenvalue weighted by Gasteiger charge is 2.37. The number of benzene rings is 2. The number of halogens is 6. The third-order valence-corrected chi connectivity index (χ3v) is 10.5. The highest BCUT2D eigenvalue weighted by atomic mass is 19.4. The fourth-order valence-electron chi connectivity index (χ4n) is 7.34. The van der Waals surface area contributed by atoms with Gasteiger partial charge in [-0.15, -0.1) is 0 Å². The molecule has 354 valence electrons. The Hall–Kier alpha value is -4.33. The smallest absolute Gasteiger partial charge is 0.417 e. The Bertz CT molecular complexity index is 1810. The number of ether oxygens (including phenoxy) is 4. The van der Waals surface area contributed by atoms with Crippen LogP contribution in [0.2, 0.25) is 0 Å². The van der Waals surface area contributed by atoms with Crippen molar-refractivity contribution in [2.24, 2.45) is 0 Å². The van der Waals surface area contributed by atoms with Gasteiger partial charge in [0.05, 0.1) is 37.6 Å². The van der Waals surface area contributed by atoms with Gasteiger partial charge >= 0.3 is 24.5 Å². The van der Waals surface area contributed by atoms with Crippen molar-refractivity contribution in [2.75, 3.05) is 102 Å². The number of nitrogens with zero attached hydrogens (tertiary/aromatic N) is 5. The zero-order valence-electron chi connectivity index (χ0n) is 37.7. The van der Waals surface area contributed by atoms with Crippen LogP contribution in [0.5, 0.6) is 0 Å². The van der Waals surface area contributed by atoms with Crippen LogP contribution in [0.15, 0.2) is 36.4 Å². The van der Waals surface area contributed by atoms with Crippen molar-refractivity contribution in [1.82, 2.24) is 20.0 Å². The summed E-state index contributed by atoms with van der Waals surface area (Å²) < 4.78 is 101. The molecule has 2 amide bonds. The average molecular weight is 903 g/mol. The fraction of sp³-hybridized carbons (Fsp3) is 0.659. The molecule has 0 spiro atoms. The van der Waals surface area contributed by atoms with Crippen LogP contribution in [0.3, 0.4) is 0 Å². The third kappa shape index (κ3) is 16.0. The Morgan fingerprint density at radius 1 is 0.683 bits per heavy atom. The van der Waals surface area contributed by atoms with Gasteiger partial charge in [-0.05, 0) is 91.3 Å². The molecule has 4 saturated heterocycles. The van der Waals surface area contributed by atoms with Crippen molar-refractivity contribution in [3.8, 4) is 0 Å². The van der Waals surface area contributed by atoms with Gasteiger partial charge in [-0.25, -0.2) is 9.59 Å². The fourth-order valence-corrected chi connectivity index (χ4v) is 7.34. The third-order valence-electron chi connectivity index (χ3n) is 10.5. The number of nitrogens with one attached hydrogen (secondary N) is 1. The second-order valence-electron chi connectivity index (χ2n) is 17.9. The van der Waals surface area contributed by atoms with Gasteiger partial charge < -0.3 is 43.9 Å². The Balaban J connectivity index is 0.000000230. The van der Waals surface area contributed by atoms with Crippen LogP contribution in [-0.2, 0) is 37.8 Å². The number of alkyl halides is 6. The molecule has 0 aliphatic carbocycles. The van der Waals surface area contributed by atoms with Crippen LogP contribution >= 0.6 is 0 Å². The van der Waals surface area contributed by atoms with Crippen molar-refractivity contribution in [2.45, 2.75) is 97.6 Å². The second-order valence-corrected chi connectivity index (χ2v) is 17.9. The normalized spacial score (nSPS) is 20.5. The molecule has 4 aliphatic heterocycles. The van der Waals surface area contributed by atoms with E-state index >= 15 is 0 Å². The number of anilines is 2. The average Bonchev–Trinajstić information content (AvgIpc) is 3.20. The van der Waals surface area contributed by atoms with E-state index in [2.05, 4.69) is 5.32 Å². The summed E-state index contributed by atoms with van der Waals surface area (Å²) in [5, 5.41) is 3.23. The molecule has 2 atom stereocenters. The number of morpholine rings is 2. The lowest BCUT2D eigenvalue weighted by Crippen LogP contribution is -2.54. The number of carbonyl (C=O) groups excluding carboxylic acids is 3. The molecule has 19 heteroatoms. The number of amides is 2. The SMILES string of the molecule is C[C@@H]1CN(Cc2ccc(N3CCOCC3)cc2C(F)(F)F)CCN1C(=O)OC(C)(C)C.C[C@@H]1CNCCN1C(=O)OC(C)(C)C.O=Cc1ccc(N2CCOCC2)cc1C(F)(F)F. The van der Waals surface area contributed by atoms with Crippen LogP contribution in [-0.4, -0.2) is 148 Å². The van der Waals surface area contributed by atoms with Gasteiger partial charge in [-0.2, -0.15) is 26.3 Å². The lowest BCUT2D eigenvalue weighted by Gasteiger charge is -2.40. The molecular weight excluding hydrogens is 839 g/mol. The molecule has 63 heavy (non-hydrogen) atoms. The van der Waals surface area contributed by atoms with Crippen molar-refractivity contribution in [1.29, 1.82) is 0 Å². The molecule has 0 aromatic heterocycles. The van der Waals surface area contributed by atoms with E-state index in [4.69, 9.17) is 18.9 Å². The molecule has 6 rings (SSSR count). The molecule has 0 bridgehead atoms. The molecule has 4 aliphatic rings. The molecule has 0 unspecified atom stereocenters. The van der Waals surface area contributed by atoms with E-state index in [1.807, 2.05) is 70.1 Å². The molecule has 2 aromatic rings. The number of piperazine rings is 2. The molecule has 0 radical (unpaired) electrons. The van der Waals surface area contributed by atoms with Crippen molar-refractivity contribution in [3.05, 3.63) is 58.7 Å². The van der Waals surface area contributed by atoms with Gasteiger partial charge in [-0.1, -0.05) is 6.07 Å². The molecule has 4 fully saturated rings. The first kappa shape index (κ1) is 51.3. The maximum atomic E-state index is 13.8.